The summed E-state index contributed by atoms with van der Waals surface area (Å²) in [5, 5.41) is 0. The molecule has 0 N–H and O–H groups in total. The van der Waals surface area contributed by atoms with Crippen molar-refractivity contribution in [2.24, 2.45) is 5.92 Å². The Hall–Kier alpha value is -0.780. The third-order valence-electron chi connectivity index (χ3n) is 2.83. The Kier molecular flexibility index (Phi) is 346. The normalized spacial score (nSPS) is 8.28. The minimum atomic E-state index is 0. The zero-order valence-electron chi connectivity index (χ0n) is 29.5. The van der Waals surface area contributed by atoms with Crippen molar-refractivity contribution in [3.8, 4) is 0 Å². The molecule has 1 aromatic rings. The van der Waals surface area contributed by atoms with E-state index in [4.69, 9.17) is 0 Å². The predicted octanol–water partition coefficient (Wildman–Crippen LogP) is 16.1. The van der Waals surface area contributed by atoms with Gasteiger partial charge in [0.2, 0.25) is 0 Å². The molecule has 1 fully saturated rings. The molecule has 0 atom stereocenters. The summed E-state index contributed by atoms with van der Waals surface area (Å²) in [5.74, 6) is 1.04. The Morgan fingerprint density at radius 3 is 0.750 bits per heavy atom. The highest BCUT2D eigenvalue weighted by Crippen LogP contribution is 2.22. The summed E-state index contributed by atoms with van der Waals surface area (Å²) in [4.78, 5) is 0. The maximum Gasteiger partial charge on any atom is -0.0398 e. The summed E-state index contributed by atoms with van der Waals surface area (Å²) in [6.07, 6.45) is 7.44. The van der Waals surface area contributed by atoms with Crippen LogP contribution in [0.2, 0.25) is 0 Å². The first-order valence-corrected chi connectivity index (χ1v) is 15.8. The van der Waals surface area contributed by atoms with E-state index in [1.165, 1.54) is 37.7 Å². The SMILES string of the molecule is C.C.CC.CC.CC.CC.CC.CC.CC.CC.CC.CC.CC1CCCCC1.Cc1ccccc1. The van der Waals surface area contributed by atoms with Crippen molar-refractivity contribution >= 4 is 0 Å². The van der Waals surface area contributed by atoms with Gasteiger partial charge in [-0.2, -0.15) is 0 Å². The molecule has 0 radical (unpaired) electrons. The van der Waals surface area contributed by atoms with Crippen LogP contribution in [-0.2, 0) is 0 Å². The van der Waals surface area contributed by atoms with Crippen molar-refractivity contribution in [2.75, 3.05) is 0 Å². The van der Waals surface area contributed by atoms with Crippen molar-refractivity contribution in [1.29, 1.82) is 0 Å². The molecule has 1 aromatic carbocycles. The van der Waals surface area contributed by atoms with Gasteiger partial charge in [0.05, 0.1) is 0 Å². The molecular weight excluding hydrogens is 432 g/mol. The lowest BCUT2D eigenvalue weighted by Gasteiger charge is -2.15. The summed E-state index contributed by atoms with van der Waals surface area (Å²) in [6, 6.07) is 10.3. The van der Waals surface area contributed by atoms with Crippen molar-refractivity contribution in [2.45, 2.75) is 199 Å². The standard InChI is InChI=1S/C7H14.C7H8.10C2H6.2CH4/c2*1-7-5-3-2-4-6-7;10*1-2;;/h7H,2-6H2,1H3;2-6H,1H3;10*1-2H3;2*1H4. The first-order valence-electron chi connectivity index (χ1n) is 15.8. The lowest BCUT2D eigenvalue weighted by atomic mass is 9.91. The van der Waals surface area contributed by atoms with Crippen molar-refractivity contribution < 1.29 is 0 Å². The third-order valence-corrected chi connectivity index (χ3v) is 2.83. The summed E-state index contributed by atoms with van der Waals surface area (Å²) in [6.45, 7) is 44.4. The fourth-order valence-corrected chi connectivity index (χ4v) is 1.84. The quantitative estimate of drug-likeness (QED) is 0.317. The Bertz CT molecular complexity index is 219. The second kappa shape index (κ2) is 163. The van der Waals surface area contributed by atoms with Crippen molar-refractivity contribution in [1.82, 2.24) is 0 Å². The molecular formula is C36H90. The second-order valence-corrected chi connectivity index (χ2v) is 4.40. The van der Waals surface area contributed by atoms with Gasteiger partial charge in [-0.25, -0.2) is 0 Å². The molecule has 0 unspecified atom stereocenters. The molecule has 0 aromatic heterocycles. The van der Waals surface area contributed by atoms with Gasteiger partial charge in [-0.15, -0.1) is 0 Å². The molecule has 1 aliphatic rings. The van der Waals surface area contributed by atoms with E-state index < -0.39 is 0 Å². The summed E-state index contributed by atoms with van der Waals surface area (Å²) >= 11 is 0. The smallest absolute Gasteiger partial charge is 0.0398 e. The molecule has 0 bridgehead atoms. The molecule has 234 valence electrons. The highest BCUT2D eigenvalue weighted by Gasteiger charge is 2.05. The second-order valence-electron chi connectivity index (χ2n) is 4.40. The van der Waals surface area contributed by atoms with Gasteiger partial charge in [-0.3, -0.25) is 0 Å². The van der Waals surface area contributed by atoms with E-state index in [9.17, 15) is 0 Å². The van der Waals surface area contributed by atoms with Crippen LogP contribution < -0.4 is 0 Å². The van der Waals surface area contributed by atoms with E-state index in [-0.39, 0.29) is 14.9 Å². The minimum Gasteiger partial charge on any atom is -0.0776 e. The van der Waals surface area contributed by atoms with Crippen LogP contribution in [0, 0.1) is 12.8 Å². The topological polar surface area (TPSA) is 0 Å². The monoisotopic (exact) mass is 523 g/mol. The number of aryl methyl sites for hydroxylation is 1. The third kappa shape index (κ3) is 149. The molecule has 0 saturated heterocycles. The van der Waals surface area contributed by atoms with Gasteiger partial charge < -0.3 is 0 Å². The number of rotatable bonds is 0. The average molecular weight is 523 g/mol. The van der Waals surface area contributed by atoms with Crippen LogP contribution in [-0.4, -0.2) is 0 Å². The highest BCUT2D eigenvalue weighted by molar-refractivity contribution is 5.11. The van der Waals surface area contributed by atoms with E-state index in [1.54, 1.807) is 0 Å². The molecule has 0 nitrogen and oxygen atoms in total. The van der Waals surface area contributed by atoms with Crippen LogP contribution in [0.1, 0.15) is 198 Å². The maximum atomic E-state index is 2.36. The molecule has 0 aliphatic heterocycles. The Balaban J connectivity index is -0.0000000186. The van der Waals surface area contributed by atoms with Crippen LogP contribution in [0.15, 0.2) is 30.3 Å². The Morgan fingerprint density at radius 2 is 0.639 bits per heavy atom. The zero-order chi connectivity index (χ0) is 30.2. The van der Waals surface area contributed by atoms with Crippen LogP contribution in [0.3, 0.4) is 0 Å². The number of hydrogen-bond donors (Lipinski definition) is 0. The molecule has 0 spiro atoms. The Labute approximate surface area is 240 Å². The highest BCUT2D eigenvalue weighted by atomic mass is 14.1. The van der Waals surface area contributed by atoms with E-state index in [0.717, 1.165) is 5.92 Å². The van der Waals surface area contributed by atoms with Gasteiger partial charge in [-0.05, 0) is 12.8 Å². The Morgan fingerprint density at radius 1 is 0.417 bits per heavy atom. The van der Waals surface area contributed by atoms with E-state index in [1.807, 2.05) is 157 Å². The van der Waals surface area contributed by atoms with Gasteiger partial charge in [0.15, 0.2) is 0 Å². The first kappa shape index (κ1) is 76.5. The molecule has 36 heavy (non-hydrogen) atoms. The van der Waals surface area contributed by atoms with Crippen LogP contribution >= 0.6 is 0 Å². The van der Waals surface area contributed by atoms with Gasteiger partial charge in [-0.1, -0.05) is 228 Å². The van der Waals surface area contributed by atoms with E-state index >= 15 is 0 Å². The van der Waals surface area contributed by atoms with Gasteiger partial charge >= 0.3 is 0 Å². The van der Waals surface area contributed by atoms with E-state index in [0.29, 0.717) is 0 Å². The number of hydrogen-bond acceptors (Lipinski definition) is 0. The van der Waals surface area contributed by atoms with Crippen LogP contribution in [0.25, 0.3) is 0 Å². The molecule has 1 saturated carbocycles. The molecule has 2 rings (SSSR count). The fourth-order valence-electron chi connectivity index (χ4n) is 1.84. The molecule has 0 amide bonds. The van der Waals surface area contributed by atoms with E-state index in [2.05, 4.69) is 26.0 Å². The first-order chi connectivity index (χ1) is 16.8. The molecule has 0 heterocycles. The number of benzene rings is 1. The zero-order valence-corrected chi connectivity index (χ0v) is 29.5. The van der Waals surface area contributed by atoms with Crippen LogP contribution in [0.5, 0.6) is 0 Å². The van der Waals surface area contributed by atoms with Gasteiger partial charge in [0.25, 0.3) is 0 Å². The summed E-state index contributed by atoms with van der Waals surface area (Å²) in [5.41, 5.74) is 1.32. The van der Waals surface area contributed by atoms with Crippen molar-refractivity contribution in [3.05, 3.63) is 35.9 Å². The average Bonchev–Trinajstić information content (AvgIpc) is 3.00. The lowest BCUT2D eigenvalue weighted by Crippen LogP contribution is -1.99. The minimum absolute atomic E-state index is 0. The fraction of sp³-hybridized carbons (Fsp3) is 0.833. The maximum absolute atomic E-state index is 2.36. The van der Waals surface area contributed by atoms with Crippen LogP contribution in [0.4, 0.5) is 0 Å². The lowest BCUT2D eigenvalue weighted by molar-refractivity contribution is 0.385. The largest absolute Gasteiger partial charge is 0.0776 e. The molecule has 1 aliphatic carbocycles. The van der Waals surface area contributed by atoms with Gasteiger partial charge in [0.1, 0.15) is 0 Å². The molecule has 0 heteroatoms. The van der Waals surface area contributed by atoms with Crippen molar-refractivity contribution in [3.63, 3.8) is 0 Å². The summed E-state index contributed by atoms with van der Waals surface area (Å²) in [7, 11) is 0. The van der Waals surface area contributed by atoms with Gasteiger partial charge in [0, 0.05) is 0 Å². The predicted molar refractivity (Wildman–Crippen MR) is 190 cm³/mol. The summed E-state index contributed by atoms with van der Waals surface area (Å²) < 4.78 is 0.